The van der Waals surface area contributed by atoms with Gasteiger partial charge >= 0.3 is 0 Å². The molecule has 1 saturated heterocycles. The van der Waals surface area contributed by atoms with E-state index in [1.807, 2.05) is 0 Å². The number of hydrogen-bond donors (Lipinski definition) is 4. The molecule has 106 valence electrons. The zero-order chi connectivity index (χ0) is 13.5. The van der Waals surface area contributed by atoms with Crippen molar-refractivity contribution in [3.05, 3.63) is 0 Å². The number of aldehydes is 1. The fourth-order valence-electron chi connectivity index (χ4n) is 1.78. The molecular weight excluding hydrogens is 242 g/mol. The minimum absolute atomic E-state index is 0.340. The van der Waals surface area contributed by atoms with Crippen LogP contribution in [0.25, 0.3) is 0 Å². The Morgan fingerprint density at radius 2 is 2.00 bits per heavy atom. The van der Waals surface area contributed by atoms with Crippen LogP contribution in [0.5, 0.6) is 0 Å². The van der Waals surface area contributed by atoms with Crippen molar-refractivity contribution in [1.29, 1.82) is 0 Å². The van der Waals surface area contributed by atoms with Gasteiger partial charge in [0.05, 0.1) is 12.6 Å². The highest BCUT2D eigenvalue weighted by atomic mass is 16.7. The van der Waals surface area contributed by atoms with E-state index in [0.29, 0.717) is 25.9 Å². The molecule has 1 fully saturated rings. The van der Waals surface area contributed by atoms with Crippen molar-refractivity contribution in [3.8, 4) is 0 Å². The van der Waals surface area contributed by atoms with Gasteiger partial charge in [-0.2, -0.15) is 0 Å². The zero-order valence-electron chi connectivity index (χ0n) is 10.1. The van der Waals surface area contributed by atoms with Gasteiger partial charge in [0.25, 0.3) is 0 Å². The largest absolute Gasteiger partial charge is 0.394 e. The summed E-state index contributed by atoms with van der Waals surface area (Å²) in [5, 5.41) is 28.2. The van der Waals surface area contributed by atoms with Crippen LogP contribution in [0.4, 0.5) is 0 Å². The maximum absolute atomic E-state index is 10.1. The number of unbranched alkanes of at least 4 members (excludes halogenated alkanes) is 2. The number of carbonyl (C=O) groups excluding carboxylic acids is 1. The third-order valence-corrected chi connectivity index (χ3v) is 2.93. The van der Waals surface area contributed by atoms with Crippen molar-refractivity contribution in [2.45, 2.75) is 49.9 Å². The second-order valence-corrected chi connectivity index (χ2v) is 4.32. The maximum Gasteiger partial charge on any atom is 0.175 e. The van der Waals surface area contributed by atoms with E-state index in [1.165, 1.54) is 0 Å². The minimum Gasteiger partial charge on any atom is -0.394 e. The number of rotatable bonds is 7. The van der Waals surface area contributed by atoms with E-state index in [1.54, 1.807) is 0 Å². The van der Waals surface area contributed by atoms with Crippen molar-refractivity contribution in [1.82, 2.24) is 0 Å². The van der Waals surface area contributed by atoms with Gasteiger partial charge in [-0.1, -0.05) is 0 Å². The van der Waals surface area contributed by atoms with Crippen molar-refractivity contribution < 1.29 is 29.6 Å². The molecule has 2 unspecified atom stereocenters. The third-order valence-electron chi connectivity index (χ3n) is 2.93. The first-order valence-corrected chi connectivity index (χ1v) is 6.05. The Bertz CT molecular complexity index is 250. The molecule has 1 aliphatic heterocycles. The van der Waals surface area contributed by atoms with Crippen LogP contribution in [0.15, 0.2) is 0 Å². The molecule has 1 aliphatic rings. The SMILES string of the molecule is NC1[C@H](OCCCCC=O)OC(CO)[C@H](O)[C@@H]1O. The summed E-state index contributed by atoms with van der Waals surface area (Å²) in [6.07, 6.45) is -1.49. The minimum atomic E-state index is -1.22. The second-order valence-electron chi connectivity index (χ2n) is 4.32. The van der Waals surface area contributed by atoms with Crippen molar-refractivity contribution in [2.75, 3.05) is 13.2 Å². The molecule has 0 aromatic rings. The molecule has 18 heavy (non-hydrogen) atoms. The standard InChI is InChI=1S/C11H21NO6/c12-8-10(16)9(15)7(6-14)18-11(8)17-5-3-1-2-4-13/h4,7-11,14-16H,1-3,5-6,12H2/t7?,8?,9-,10+,11+/m0/s1. The van der Waals surface area contributed by atoms with Gasteiger partial charge in [-0.25, -0.2) is 0 Å². The molecule has 0 aliphatic carbocycles. The van der Waals surface area contributed by atoms with Gasteiger partial charge in [0.15, 0.2) is 6.29 Å². The highest BCUT2D eigenvalue weighted by molar-refractivity contribution is 5.48. The van der Waals surface area contributed by atoms with Crippen LogP contribution in [0, 0.1) is 0 Å². The quantitative estimate of drug-likeness (QED) is 0.314. The first-order chi connectivity index (χ1) is 8.61. The molecule has 7 nitrogen and oxygen atoms in total. The lowest BCUT2D eigenvalue weighted by atomic mass is 9.98. The highest BCUT2D eigenvalue weighted by Crippen LogP contribution is 2.20. The molecule has 0 saturated carbocycles. The van der Waals surface area contributed by atoms with E-state index in [9.17, 15) is 15.0 Å². The van der Waals surface area contributed by atoms with Crippen LogP contribution in [0.2, 0.25) is 0 Å². The monoisotopic (exact) mass is 263 g/mol. The number of ether oxygens (including phenoxy) is 2. The Balaban J connectivity index is 2.37. The Kier molecular flexibility index (Phi) is 6.69. The fraction of sp³-hybridized carbons (Fsp3) is 0.909. The summed E-state index contributed by atoms with van der Waals surface area (Å²) >= 11 is 0. The van der Waals surface area contributed by atoms with E-state index < -0.39 is 37.3 Å². The van der Waals surface area contributed by atoms with Crippen LogP contribution in [-0.4, -0.2) is 65.5 Å². The summed E-state index contributed by atoms with van der Waals surface area (Å²) < 4.78 is 10.6. The molecule has 0 amide bonds. The van der Waals surface area contributed by atoms with Gasteiger partial charge in [-0.15, -0.1) is 0 Å². The lowest BCUT2D eigenvalue weighted by Crippen LogP contribution is -2.62. The van der Waals surface area contributed by atoms with Gasteiger partial charge in [-0.3, -0.25) is 0 Å². The highest BCUT2D eigenvalue weighted by Gasteiger charge is 2.42. The predicted octanol–water partition coefficient (Wildman–Crippen LogP) is -1.86. The predicted molar refractivity (Wildman–Crippen MR) is 61.6 cm³/mol. The lowest BCUT2D eigenvalue weighted by molar-refractivity contribution is -0.265. The average Bonchev–Trinajstić information content (AvgIpc) is 2.38. The van der Waals surface area contributed by atoms with Gasteiger partial charge in [0.1, 0.15) is 24.6 Å². The number of carbonyl (C=O) groups is 1. The average molecular weight is 263 g/mol. The van der Waals surface area contributed by atoms with Crippen LogP contribution >= 0.6 is 0 Å². The number of nitrogens with two attached hydrogens (primary N) is 1. The van der Waals surface area contributed by atoms with Crippen LogP contribution in [-0.2, 0) is 14.3 Å². The molecule has 5 N–H and O–H groups in total. The van der Waals surface area contributed by atoms with Crippen molar-refractivity contribution in [2.24, 2.45) is 5.73 Å². The summed E-state index contributed by atoms with van der Waals surface area (Å²) in [5.41, 5.74) is 5.67. The van der Waals surface area contributed by atoms with Gasteiger partial charge in [-0.05, 0) is 12.8 Å². The third kappa shape index (κ3) is 3.98. The second kappa shape index (κ2) is 7.78. The van der Waals surface area contributed by atoms with E-state index in [2.05, 4.69) is 0 Å². The Hall–Kier alpha value is -0.570. The van der Waals surface area contributed by atoms with E-state index in [4.69, 9.17) is 20.3 Å². The van der Waals surface area contributed by atoms with Crippen LogP contribution < -0.4 is 5.73 Å². The summed E-state index contributed by atoms with van der Waals surface area (Å²) in [7, 11) is 0. The van der Waals surface area contributed by atoms with Gasteiger partial charge < -0.3 is 35.3 Å². The number of hydrogen-bond acceptors (Lipinski definition) is 7. The van der Waals surface area contributed by atoms with Crippen LogP contribution in [0.1, 0.15) is 19.3 Å². The van der Waals surface area contributed by atoms with Gasteiger partial charge in [0.2, 0.25) is 0 Å². The molecule has 7 heteroatoms. The maximum atomic E-state index is 10.1. The Morgan fingerprint density at radius 1 is 1.28 bits per heavy atom. The molecule has 0 radical (unpaired) electrons. The van der Waals surface area contributed by atoms with Crippen molar-refractivity contribution >= 4 is 6.29 Å². The van der Waals surface area contributed by atoms with E-state index in [0.717, 1.165) is 6.29 Å². The Labute approximate surface area is 105 Å². The summed E-state index contributed by atoms with van der Waals surface area (Å²) in [6.45, 7) is -0.0802. The van der Waals surface area contributed by atoms with Crippen LogP contribution in [0.3, 0.4) is 0 Å². The normalized spacial score (nSPS) is 36.6. The molecule has 0 aromatic carbocycles. The van der Waals surface area contributed by atoms with Gasteiger partial charge in [0, 0.05) is 13.0 Å². The molecule has 0 spiro atoms. The topological polar surface area (TPSA) is 122 Å². The first kappa shape index (κ1) is 15.5. The number of aliphatic hydroxyl groups excluding tert-OH is 3. The summed E-state index contributed by atoms with van der Waals surface area (Å²) in [6, 6.07) is -0.867. The molecule has 0 aromatic heterocycles. The Morgan fingerprint density at radius 3 is 2.61 bits per heavy atom. The van der Waals surface area contributed by atoms with E-state index in [-0.39, 0.29) is 0 Å². The smallest absolute Gasteiger partial charge is 0.175 e. The zero-order valence-corrected chi connectivity index (χ0v) is 10.1. The van der Waals surface area contributed by atoms with E-state index >= 15 is 0 Å². The molecule has 1 heterocycles. The van der Waals surface area contributed by atoms with Crippen molar-refractivity contribution in [3.63, 3.8) is 0 Å². The molecule has 1 rings (SSSR count). The summed E-state index contributed by atoms with van der Waals surface area (Å²) in [5.74, 6) is 0. The summed E-state index contributed by atoms with van der Waals surface area (Å²) in [4.78, 5) is 10.1. The lowest BCUT2D eigenvalue weighted by Gasteiger charge is -2.40. The first-order valence-electron chi connectivity index (χ1n) is 6.05. The number of aliphatic hydroxyl groups is 3. The molecule has 5 atom stereocenters. The molecule has 0 bridgehead atoms. The fourth-order valence-corrected chi connectivity index (χ4v) is 1.78. The molecular formula is C11H21NO6.